The van der Waals surface area contributed by atoms with Crippen molar-refractivity contribution in [3.8, 4) is 0 Å². The Morgan fingerprint density at radius 2 is 1.96 bits per heavy atom. The van der Waals surface area contributed by atoms with Gasteiger partial charge in [-0.05, 0) is 25.2 Å². The van der Waals surface area contributed by atoms with Crippen LogP contribution < -0.4 is 0 Å². The summed E-state index contributed by atoms with van der Waals surface area (Å²) >= 11 is 0. The van der Waals surface area contributed by atoms with E-state index in [1.165, 1.54) is 0 Å². The third-order valence-electron chi connectivity index (χ3n) is 4.68. The van der Waals surface area contributed by atoms with Crippen LogP contribution in [0.3, 0.4) is 0 Å². The summed E-state index contributed by atoms with van der Waals surface area (Å²) in [6.45, 7) is 5.61. The monoisotopic (exact) mass is 332 g/mol. The lowest BCUT2D eigenvalue weighted by Crippen LogP contribution is -2.41. The van der Waals surface area contributed by atoms with Crippen molar-refractivity contribution in [3.63, 3.8) is 0 Å². The number of nitrogens with zero attached hydrogens (tertiary/aromatic N) is 4. The molecule has 7 nitrogen and oxygen atoms in total. The molecule has 0 bridgehead atoms. The van der Waals surface area contributed by atoms with Crippen molar-refractivity contribution in [3.05, 3.63) is 23.8 Å². The van der Waals surface area contributed by atoms with Crippen LogP contribution in [0, 0.1) is 5.92 Å². The maximum absolute atomic E-state index is 12.3. The van der Waals surface area contributed by atoms with Gasteiger partial charge in [-0.15, -0.1) is 0 Å². The van der Waals surface area contributed by atoms with E-state index in [-0.39, 0.29) is 11.8 Å². The fourth-order valence-electron chi connectivity index (χ4n) is 3.31. The minimum atomic E-state index is -0.0854. The highest BCUT2D eigenvalue weighted by Crippen LogP contribution is 2.20. The summed E-state index contributed by atoms with van der Waals surface area (Å²) in [6, 6.07) is 0. The molecule has 0 aromatic carbocycles. The Bertz CT molecular complexity index is 584. The molecule has 1 atom stereocenters. The van der Waals surface area contributed by atoms with E-state index in [0.29, 0.717) is 37.9 Å². The second-order valence-corrected chi connectivity index (χ2v) is 6.47. The molecule has 2 aliphatic rings. The molecule has 0 radical (unpaired) electrons. The van der Waals surface area contributed by atoms with Crippen LogP contribution in [0.15, 0.2) is 12.4 Å². The standard InChI is InChI=1S/C17H24N4O3/c1-13(22)21-4-2-3-14(12-21)9-15-10-19-16(11-18-15)17(23)20-5-7-24-8-6-20/h10-11,14H,2-9,12H2,1H3. The molecule has 7 heteroatoms. The predicted octanol–water partition coefficient (Wildman–Crippen LogP) is 0.750. The number of piperidine rings is 1. The molecule has 2 fully saturated rings. The maximum atomic E-state index is 12.3. The lowest BCUT2D eigenvalue weighted by atomic mass is 9.93. The molecule has 2 aliphatic heterocycles. The largest absolute Gasteiger partial charge is 0.378 e. The Kier molecular flexibility index (Phi) is 5.40. The Labute approximate surface area is 142 Å². The van der Waals surface area contributed by atoms with Crippen LogP contribution in [-0.2, 0) is 16.0 Å². The highest BCUT2D eigenvalue weighted by atomic mass is 16.5. The first-order chi connectivity index (χ1) is 11.6. The smallest absolute Gasteiger partial charge is 0.274 e. The molecule has 1 unspecified atom stereocenters. The molecule has 0 N–H and O–H groups in total. The van der Waals surface area contributed by atoms with Crippen molar-refractivity contribution in [2.24, 2.45) is 5.92 Å². The average molecular weight is 332 g/mol. The van der Waals surface area contributed by atoms with E-state index in [4.69, 9.17) is 4.74 Å². The van der Waals surface area contributed by atoms with Gasteiger partial charge < -0.3 is 14.5 Å². The molecule has 0 saturated carbocycles. The predicted molar refractivity (Wildman–Crippen MR) is 87.4 cm³/mol. The summed E-state index contributed by atoms with van der Waals surface area (Å²) in [4.78, 5) is 36.2. The van der Waals surface area contributed by atoms with E-state index in [1.807, 2.05) is 4.90 Å². The highest BCUT2D eigenvalue weighted by molar-refractivity contribution is 5.92. The number of carbonyl (C=O) groups is 2. The molecule has 1 aromatic rings. The molecule has 24 heavy (non-hydrogen) atoms. The van der Waals surface area contributed by atoms with Gasteiger partial charge in [0.25, 0.3) is 5.91 Å². The highest BCUT2D eigenvalue weighted by Gasteiger charge is 2.23. The Hall–Kier alpha value is -2.02. The number of amides is 2. The number of rotatable bonds is 3. The first-order valence-corrected chi connectivity index (χ1v) is 8.57. The number of hydrogen-bond donors (Lipinski definition) is 0. The topological polar surface area (TPSA) is 75.6 Å². The zero-order valence-electron chi connectivity index (χ0n) is 14.1. The fourth-order valence-corrected chi connectivity index (χ4v) is 3.31. The molecule has 1 aromatic heterocycles. The van der Waals surface area contributed by atoms with Gasteiger partial charge in [-0.3, -0.25) is 14.6 Å². The van der Waals surface area contributed by atoms with Crippen LogP contribution in [-0.4, -0.2) is 71.0 Å². The number of ether oxygens (including phenoxy) is 1. The first-order valence-electron chi connectivity index (χ1n) is 8.57. The van der Waals surface area contributed by atoms with Crippen LogP contribution in [0.1, 0.15) is 35.9 Å². The van der Waals surface area contributed by atoms with Gasteiger partial charge >= 0.3 is 0 Å². The summed E-state index contributed by atoms with van der Waals surface area (Å²) in [6.07, 6.45) is 6.19. The number of likely N-dealkylation sites (tertiary alicyclic amines) is 1. The Morgan fingerprint density at radius 1 is 1.17 bits per heavy atom. The number of carbonyl (C=O) groups excluding carboxylic acids is 2. The summed E-state index contributed by atoms with van der Waals surface area (Å²) in [7, 11) is 0. The van der Waals surface area contributed by atoms with E-state index in [0.717, 1.165) is 38.0 Å². The quantitative estimate of drug-likeness (QED) is 0.816. The molecule has 0 spiro atoms. The van der Waals surface area contributed by atoms with Crippen LogP contribution in [0.25, 0.3) is 0 Å². The van der Waals surface area contributed by atoms with E-state index in [2.05, 4.69) is 9.97 Å². The van der Waals surface area contributed by atoms with Gasteiger partial charge in [0, 0.05) is 39.3 Å². The van der Waals surface area contributed by atoms with Gasteiger partial charge in [0.1, 0.15) is 5.69 Å². The normalized spacial score (nSPS) is 21.6. The average Bonchev–Trinajstić information content (AvgIpc) is 2.63. The minimum Gasteiger partial charge on any atom is -0.378 e. The van der Waals surface area contributed by atoms with Crippen LogP contribution in [0.5, 0.6) is 0 Å². The van der Waals surface area contributed by atoms with Crippen molar-refractivity contribution >= 4 is 11.8 Å². The Balaban J connectivity index is 1.58. The molecule has 3 heterocycles. The van der Waals surface area contributed by atoms with Crippen molar-refractivity contribution in [1.82, 2.24) is 19.8 Å². The van der Waals surface area contributed by atoms with Gasteiger partial charge in [-0.2, -0.15) is 0 Å². The maximum Gasteiger partial charge on any atom is 0.274 e. The van der Waals surface area contributed by atoms with Crippen LogP contribution in [0.4, 0.5) is 0 Å². The first kappa shape index (κ1) is 16.8. The molecule has 2 saturated heterocycles. The summed E-state index contributed by atoms with van der Waals surface area (Å²) < 4.78 is 5.26. The fraction of sp³-hybridized carbons (Fsp3) is 0.647. The zero-order valence-corrected chi connectivity index (χ0v) is 14.1. The second-order valence-electron chi connectivity index (χ2n) is 6.47. The zero-order chi connectivity index (χ0) is 16.9. The third-order valence-corrected chi connectivity index (χ3v) is 4.68. The van der Waals surface area contributed by atoms with Crippen molar-refractivity contribution < 1.29 is 14.3 Å². The summed E-state index contributed by atoms with van der Waals surface area (Å²) in [5.74, 6) is 0.466. The van der Waals surface area contributed by atoms with Crippen molar-refractivity contribution in [1.29, 1.82) is 0 Å². The van der Waals surface area contributed by atoms with E-state index in [9.17, 15) is 9.59 Å². The van der Waals surface area contributed by atoms with Gasteiger partial charge in [0.2, 0.25) is 5.91 Å². The number of aromatic nitrogens is 2. The molecular formula is C17H24N4O3. The van der Waals surface area contributed by atoms with Gasteiger partial charge in [0.15, 0.2) is 0 Å². The summed E-state index contributed by atoms with van der Waals surface area (Å²) in [5, 5.41) is 0. The van der Waals surface area contributed by atoms with E-state index >= 15 is 0 Å². The second kappa shape index (κ2) is 7.70. The minimum absolute atomic E-state index is 0.0854. The van der Waals surface area contributed by atoms with Crippen molar-refractivity contribution in [2.75, 3.05) is 39.4 Å². The summed E-state index contributed by atoms with van der Waals surface area (Å²) in [5.41, 5.74) is 1.26. The van der Waals surface area contributed by atoms with E-state index < -0.39 is 0 Å². The van der Waals surface area contributed by atoms with Gasteiger partial charge in [0.05, 0.1) is 25.1 Å². The van der Waals surface area contributed by atoms with E-state index in [1.54, 1.807) is 24.2 Å². The molecule has 3 rings (SSSR count). The van der Waals surface area contributed by atoms with Gasteiger partial charge in [-0.25, -0.2) is 4.98 Å². The molecule has 2 amide bonds. The van der Waals surface area contributed by atoms with Gasteiger partial charge in [-0.1, -0.05) is 0 Å². The number of morpholine rings is 1. The van der Waals surface area contributed by atoms with Crippen LogP contribution >= 0.6 is 0 Å². The molecular weight excluding hydrogens is 308 g/mol. The number of hydrogen-bond acceptors (Lipinski definition) is 5. The molecule has 130 valence electrons. The third kappa shape index (κ3) is 4.08. The Morgan fingerprint density at radius 3 is 2.62 bits per heavy atom. The SMILES string of the molecule is CC(=O)N1CCCC(Cc2cnc(C(=O)N3CCOCC3)cn2)C1. The van der Waals surface area contributed by atoms with Crippen molar-refractivity contribution in [2.45, 2.75) is 26.2 Å². The lowest BCUT2D eigenvalue weighted by Gasteiger charge is -2.31. The molecule has 0 aliphatic carbocycles. The van der Waals surface area contributed by atoms with Crippen LogP contribution in [0.2, 0.25) is 0 Å². The lowest BCUT2D eigenvalue weighted by molar-refractivity contribution is -0.130.